The molecule has 0 bridgehead atoms. The number of anilines is 1. The molecule has 3 N–H and O–H groups in total. The zero-order valence-electron chi connectivity index (χ0n) is 14.2. The first-order chi connectivity index (χ1) is 12.0. The topological polar surface area (TPSA) is 80.9 Å². The maximum Gasteiger partial charge on any atom is 0.252 e. The smallest absolute Gasteiger partial charge is 0.252 e. The number of carbonyl (C=O) groups excluding carboxylic acids is 1. The first kappa shape index (κ1) is 17.1. The van der Waals surface area contributed by atoms with Gasteiger partial charge in [-0.1, -0.05) is 59.4 Å². The Labute approximate surface area is 150 Å². The summed E-state index contributed by atoms with van der Waals surface area (Å²) in [5, 5.41) is 11.9. The molecule has 0 spiro atoms. The number of nitrogens with two attached hydrogens (primary N) is 1. The Hall–Kier alpha value is -2.73. The van der Waals surface area contributed by atoms with Crippen molar-refractivity contribution in [2.24, 2.45) is 0 Å². The molecule has 3 aromatic rings. The number of rotatable bonds is 5. The fraction of sp³-hybridized carbons (Fsp3) is 0.211. The highest BCUT2D eigenvalue weighted by Crippen LogP contribution is 2.20. The Morgan fingerprint density at radius 2 is 1.88 bits per heavy atom. The number of carbonyl (C=O) groups is 1. The van der Waals surface area contributed by atoms with Gasteiger partial charge in [0.2, 0.25) is 5.13 Å². The number of amides is 1. The van der Waals surface area contributed by atoms with E-state index in [2.05, 4.69) is 46.7 Å². The number of hydrogen-bond acceptors (Lipinski definition) is 5. The molecule has 3 rings (SSSR count). The van der Waals surface area contributed by atoms with Crippen LogP contribution in [0.4, 0.5) is 5.13 Å². The van der Waals surface area contributed by atoms with Crippen molar-refractivity contribution < 1.29 is 4.79 Å². The molecule has 25 heavy (non-hydrogen) atoms. The van der Waals surface area contributed by atoms with Crippen LogP contribution in [0.2, 0.25) is 0 Å². The van der Waals surface area contributed by atoms with E-state index in [1.165, 1.54) is 22.5 Å². The van der Waals surface area contributed by atoms with Gasteiger partial charge in [-0.05, 0) is 37.5 Å². The Morgan fingerprint density at radius 3 is 2.56 bits per heavy atom. The van der Waals surface area contributed by atoms with Crippen molar-refractivity contribution in [3.63, 3.8) is 0 Å². The van der Waals surface area contributed by atoms with Crippen molar-refractivity contribution in [1.82, 2.24) is 15.5 Å². The van der Waals surface area contributed by atoms with Gasteiger partial charge in [0, 0.05) is 5.56 Å². The quantitative estimate of drug-likeness (QED) is 0.736. The molecule has 1 heterocycles. The molecular weight excluding hydrogens is 332 g/mol. The van der Waals surface area contributed by atoms with Gasteiger partial charge in [0.1, 0.15) is 5.01 Å². The maximum absolute atomic E-state index is 12.7. The predicted molar refractivity (Wildman–Crippen MR) is 101 cm³/mol. The van der Waals surface area contributed by atoms with Gasteiger partial charge in [-0.15, -0.1) is 10.2 Å². The third kappa shape index (κ3) is 4.22. The zero-order chi connectivity index (χ0) is 17.8. The summed E-state index contributed by atoms with van der Waals surface area (Å²) < 4.78 is 0. The van der Waals surface area contributed by atoms with Gasteiger partial charge >= 0.3 is 0 Å². The summed E-state index contributed by atoms with van der Waals surface area (Å²) in [5.74, 6) is -0.121. The van der Waals surface area contributed by atoms with E-state index in [4.69, 9.17) is 5.73 Å². The van der Waals surface area contributed by atoms with Crippen LogP contribution in [0.5, 0.6) is 0 Å². The highest BCUT2D eigenvalue weighted by atomic mass is 32.1. The van der Waals surface area contributed by atoms with Crippen LogP contribution in [0.25, 0.3) is 0 Å². The Balaban J connectivity index is 1.77. The molecular formula is C19H20N4OS. The van der Waals surface area contributed by atoms with Crippen molar-refractivity contribution in [2.45, 2.75) is 26.3 Å². The normalized spacial score (nSPS) is 11.9. The number of aromatic nitrogens is 2. The highest BCUT2D eigenvalue weighted by Gasteiger charge is 2.17. The van der Waals surface area contributed by atoms with E-state index >= 15 is 0 Å². The van der Waals surface area contributed by atoms with Crippen molar-refractivity contribution in [1.29, 1.82) is 0 Å². The molecule has 0 aliphatic rings. The van der Waals surface area contributed by atoms with E-state index in [1.807, 2.05) is 31.2 Å². The third-order valence-corrected chi connectivity index (χ3v) is 4.89. The minimum atomic E-state index is -0.241. The number of hydrogen-bond donors (Lipinski definition) is 2. The van der Waals surface area contributed by atoms with Crippen molar-refractivity contribution in [3.8, 4) is 0 Å². The fourth-order valence-electron chi connectivity index (χ4n) is 2.58. The molecule has 0 radical (unpaired) electrons. The standard InChI is InChI=1S/C19H20N4OS/c1-12-7-9-14(10-8-12)11-15-5-3-4-6-16(15)17(24)21-13(2)18-22-23-19(20)25-18/h3-10,13H,11H2,1-2H3,(H2,20,23)(H,21,24). The second kappa shape index (κ2) is 7.44. The van der Waals surface area contributed by atoms with Crippen LogP contribution in [0.15, 0.2) is 48.5 Å². The average Bonchev–Trinajstić information content (AvgIpc) is 3.04. The number of nitrogen functional groups attached to an aromatic ring is 1. The molecule has 128 valence electrons. The average molecular weight is 352 g/mol. The number of nitrogens with one attached hydrogen (secondary N) is 1. The van der Waals surface area contributed by atoms with Crippen LogP contribution in [-0.4, -0.2) is 16.1 Å². The molecule has 0 saturated heterocycles. The molecule has 0 aliphatic carbocycles. The van der Waals surface area contributed by atoms with Crippen molar-refractivity contribution >= 4 is 22.4 Å². The van der Waals surface area contributed by atoms with Gasteiger partial charge in [-0.25, -0.2) is 0 Å². The van der Waals surface area contributed by atoms with Gasteiger partial charge in [-0.2, -0.15) is 0 Å². The second-order valence-electron chi connectivity index (χ2n) is 5.99. The molecule has 0 saturated carbocycles. The predicted octanol–water partition coefficient (Wildman–Crippen LogP) is 3.51. The molecule has 0 aliphatic heterocycles. The van der Waals surface area contributed by atoms with Crippen LogP contribution < -0.4 is 11.1 Å². The van der Waals surface area contributed by atoms with E-state index in [0.29, 0.717) is 22.1 Å². The summed E-state index contributed by atoms with van der Waals surface area (Å²) in [4.78, 5) is 12.7. The minimum Gasteiger partial charge on any atom is -0.374 e. The van der Waals surface area contributed by atoms with E-state index in [0.717, 1.165) is 5.56 Å². The third-order valence-electron chi connectivity index (χ3n) is 3.95. The maximum atomic E-state index is 12.7. The lowest BCUT2D eigenvalue weighted by Crippen LogP contribution is -2.27. The van der Waals surface area contributed by atoms with Crippen LogP contribution in [-0.2, 0) is 6.42 Å². The Kier molecular flexibility index (Phi) is 5.09. The van der Waals surface area contributed by atoms with Crippen LogP contribution in [0.3, 0.4) is 0 Å². The van der Waals surface area contributed by atoms with Crippen LogP contribution in [0, 0.1) is 6.92 Å². The zero-order valence-corrected chi connectivity index (χ0v) is 15.0. The van der Waals surface area contributed by atoms with Crippen molar-refractivity contribution in [2.75, 3.05) is 5.73 Å². The first-order valence-corrected chi connectivity index (χ1v) is 8.88. The Morgan fingerprint density at radius 1 is 1.16 bits per heavy atom. The van der Waals surface area contributed by atoms with Gasteiger partial charge in [0.25, 0.3) is 5.91 Å². The minimum absolute atomic E-state index is 0.121. The fourth-order valence-corrected chi connectivity index (χ4v) is 3.19. The molecule has 0 fully saturated rings. The Bertz CT molecular complexity index is 873. The largest absolute Gasteiger partial charge is 0.374 e. The number of benzene rings is 2. The summed E-state index contributed by atoms with van der Waals surface area (Å²) in [5.41, 5.74) is 9.68. The lowest BCUT2D eigenvalue weighted by atomic mass is 9.98. The number of aryl methyl sites for hydroxylation is 1. The van der Waals surface area contributed by atoms with Gasteiger partial charge in [0.05, 0.1) is 6.04 Å². The van der Waals surface area contributed by atoms with E-state index < -0.39 is 0 Å². The lowest BCUT2D eigenvalue weighted by Gasteiger charge is -2.14. The van der Waals surface area contributed by atoms with Crippen LogP contribution >= 0.6 is 11.3 Å². The molecule has 1 amide bonds. The molecule has 6 heteroatoms. The second-order valence-corrected chi connectivity index (χ2v) is 7.03. The van der Waals surface area contributed by atoms with E-state index in [-0.39, 0.29) is 11.9 Å². The molecule has 1 atom stereocenters. The summed E-state index contributed by atoms with van der Waals surface area (Å²) in [6.07, 6.45) is 0.712. The van der Waals surface area contributed by atoms with E-state index in [1.54, 1.807) is 0 Å². The first-order valence-electron chi connectivity index (χ1n) is 8.06. The van der Waals surface area contributed by atoms with Crippen molar-refractivity contribution in [3.05, 3.63) is 75.8 Å². The SMILES string of the molecule is Cc1ccc(Cc2ccccc2C(=O)NC(C)c2nnc(N)s2)cc1. The summed E-state index contributed by atoms with van der Waals surface area (Å²) in [7, 11) is 0. The molecule has 2 aromatic carbocycles. The summed E-state index contributed by atoms with van der Waals surface area (Å²) >= 11 is 1.28. The summed E-state index contributed by atoms with van der Waals surface area (Å²) in [6.45, 7) is 3.94. The van der Waals surface area contributed by atoms with E-state index in [9.17, 15) is 4.79 Å². The lowest BCUT2D eigenvalue weighted by molar-refractivity contribution is 0.0939. The molecule has 1 aromatic heterocycles. The number of nitrogens with zero attached hydrogens (tertiary/aromatic N) is 2. The van der Waals surface area contributed by atoms with Gasteiger partial charge in [-0.3, -0.25) is 4.79 Å². The molecule has 5 nitrogen and oxygen atoms in total. The van der Waals surface area contributed by atoms with Gasteiger partial charge in [0.15, 0.2) is 0 Å². The van der Waals surface area contributed by atoms with Gasteiger partial charge < -0.3 is 11.1 Å². The highest BCUT2D eigenvalue weighted by molar-refractivity contribution is 7.15. The monoisotopic (exact) mass is 352 g/mol. The summed E-state index contributed by atoms with van der Waals surface area (Å²) in [6, 6.07) is 15.8. The van der Waals surface area contributed by atoms with Crippen LogP contribution in [0.1, 0.15) is 45.0 Å². The molecule has 1 unspecified atom stereocenters.